The lowest BCUT2D eigenvalue weighted by atomic mass is 9.98. The van der Waals surface area contributed by atoms with Crippen molar-refractivity contribution in [2.24, 2.45) is 0 Å². The maximum atomic E-state index is 12.6. The van der Waals surface area contributed by atoms with E-state index in [0.717, 1.165) is 22.3 Å². The van der Waals surface area contributed by atoms with Crippen molar-refractivity contribution in [2.45, 2.75) is 64.1 Å². The smallest absolute Gasteiger partial charge is 0.407 e. The van der Waals surface area contributed by atoms with E-state index in [1.54, 1.807) is 12.3 Å². The van der Waals surface area contributed by atoms with Crippen molar-refractivity contribution in [3.8, 4) is 11.1 Å². The largest absolute Gasteiger partial charge is 0.480 e. The molecule has 1 aliphatic carbocycles. The third kappa shape index (κ3) is 6.04. The first kappa shape index (κ1) is 26.9. The van der Waals surface area contributed by atoms with Gasteiger partial charge in [0.25, 0.3) is 0 Å². The van der Waals surface area contributed by atoms with Crippen LogP contribution in [-0.2, 0) is 32.0 Å². The molecular weight excluding hydrogens is 486 g/mol. The third-order valence-electron chi connectivity index (χ3n) is 7.19. The Kier molecular flexibility index (Phi) is 8.14. The highest BCUT2D eigenvalue weighted by molar-refractivity contribution is 5.81. The SMILES string of the molecule is CCC(C)(CC)OC(=O)Cn1ccc(C[C@H](NC(=O)OCC2c3ccccc3-c3ccccc32)C(=O)O)n1. The Labute approximate surface area is 221 Å². The lowest BCUT2D eigenvalue weighted by Crippen LogP contribution is -2.43. The molecule has 0 unspecified atom stereocenters. The molecule has 0 spiro atoms. The number of carbonyl (C=O) groups is 3. The molecule has 0 fully saturated rings. The molecule has 0 radical (unpaired) electrons. The molecule has 1 atom stereocenters. The number of carbonyl (C=O) groups excluding carboxylic acids is 2. The van der Waals surface area contributed by atoms with Gasteiger partial charge in [-0.05, 0) is 48.1 Å². The van der Waals surface area contributed by atoms with Gasteiger partial charge in [-0.3, -0.25) is 9.48 Å². The molecule has 0 aliphatic heterocycles. The highest BCUT2D eigenvalue weighted by atomic mass is 16.6. The Bertz CT molecular complexity index is 1270. The standard InChI is InChI=1S/C29H33N3O6/c1-4-29(3,5-2)38-26(33)17-32-15-14-19(31-32)16-25(27(34)35)30-28(36)37-18-24-22-12-8-6-10-20(22)21-11-7-9-13-23(21)24/h6-15,24-25H,4-5,16-18H2,1-3H3,(H,30,36)(H,34,35)/t25-/m0/s1. The molecule has 0 saturated carbocycles. The minimum atomic E-state index is -1.25. The predicted molar refractivity (Wildman–Crippen MR) is 141 cm³/mol. The molecule has 200 valence electrons. The van der Waals surface area contributed by atoms with E-state index in [1.807, 2.05) is 69.3 Å². The minimum absolute atomic E-state index is 0.0663. The van der Waals surface area contributed by atoms with Crippen molar-refractivity contribution in [3.63, 3.8) is 0 Å². The average molecular weight is 520 g/mol. The van der Waals surface area contributed by atoms with Crippen LogP contribution in [0.1, 0.15) is 56.4 Å². The van der Waals surface area contributed by atoms with Crippen LogP contribution < -0.4 is 5.32 Å². The summed E-state index contributed by atoms with van der Waals surface area (Å²) < 4.78 is 12.4. The van der Waals surface area contributed by atoms with Crippen molar-refractivity contribution in [3.05, 3.63) is 77.6 Å². The highest BCUT2D eigenvalue weighted by Gasteiger charge is 2.30. The number of benzene rings is 2. The lowest BCUT2D eigenvalue weighted by molar-refractivity contribution is -0.159. The molecule has 1 aliphatic rings. The van der Waals surface area contributed by atoms with Crippen LogP contribution in [0.2, 0.25) is 0 Å². The van der Waals surface area contributed by atoms with Gasteiger partial charge in [0, 0.05) is 18.5 Å². The fourth-order valence-corrected chi connectivity index (χ4v) is 4.63. The van der Waals surface area contributed by atoms with E-state index < -0.39 is 29.7 Å². The molecule has 38 heavy (non-hydrogen) atoms. The second-order valence-corrected chi connectivity index (χ2v) is 9.70. The number of carboxylic acids is 1. The van der Waals surface area contributed by atoms with Crippen LogP contribution in [0.4, 0.5) is 4.79 Å². The molecule has 9 heteroatoms. The van der Waals surface area contributed by atoms with E-state index in [0.29, 0.717) is 18.5 Å². The van der Waals surface area contributed by atoms with E-state index in [2.05, 4.69) is 10.4 Å². The highest BCUT2D eigenvalue weighted by Crippen LogP contribution is 2.44. The number of nitrogens with one attached hydrogen (secondary N) is 1. The number of hydrogen-bond donors (Lipinski definition) is 2. The monoisotopic (exact) mass is 519 g/mol. The maximum Gasteiger partial charge on any atom is 0.407 e. The van der Waals surface area contributed by atoms with Crippen molar-refractivity contribution in [1.82, 2.24) is 15.1 Å². The first-order chi connectivity index (χ1) is 18.2. The summed E-state index contributed by atoms with van der Waals surface area (Å²) in [6.45, 7) is 5.78. The number of carboxylic acid groups (broad SMARTS) is 1. The number of hydrogen-bond acceptors (Lipinski definition) is 6. The number of aliphatic carboxylic acids is 1. The van der Waals surface area contributed by atoms with Gasteiger partial charge in [0.15, 0.2) is 0 Å². The fourth-order valence-electron chi connectivity index (χ4n) is 4.63. The molecule has 4 rings (SSSR count). The Hall–Kier alpha value is -4.14. The minimum Gasteiger partial charge on any atom is -0.480 e. The van der Waals surface area contributed by atoms with Gasteiger partial charge < -0.3 is 19.9 Å². The zero-order valence-electron chi connectivity index (χ0n) is 21.8. The van der Waals surface area contributed by atoms with Gasteiger partial charge in [-0.1, -0.05) is 62.4 Å². The van der Waals surface area contributed by atoms with E-state index in [1.165, 1.54) is 4.68 Å². The third-order valence-corrected chi connectivity index (χ3v) is 7.19. The number of ether oxygens (including phenoxy) is 2. The summed E-state index contributed by atoms with van der Waals surface area (Å²) in [5.41, 5.74) is 4.23. The number of fused-ring (bicyclic) bond motifs is 3. The summed E-state index contributed by atoms with van der Waals surface area (Å²) in [6, 6.07) is 16.3. The van der Waals surface area contributed by atoms with Gasteiger partial charge in [-0.25, -0.2) is 9.59 Å². The average Bonchev–Trinajstić information content (AvgIpc) is 3.48. The molecule has 1 aromatic heterocycles. The maximum absolute atomic E-state index is 12.6. The van der Waals surface area contributed by atoms with E-state index in [-0.39, 0.29) is 25.5 Å². The molecule has 3 aromatic rings. The topological polar surface area (TPSA) is 120 Å². The fraction of sp³-hybridized carbons (Fsp3) is 0.379. The number of amides is 1. The van der Waals surface area contributed by atoms with Crippen LogP contribution in [0.5, 0.6) is 0 Å². The number of alkyl carbamates (subject to hydrolysis) is 1. The lowest BCUT2D eigenvalue weighted by Gasteiger charge is -2.26. The molecular formula is C29H33N3O6. The van der Waals surface area contributed by atoms with E-state index >= 15 is 0 Å². The molecule has 0 saturated heterocycles. The number of esters is 1. The van der Waals surface area contributed by atoms with Crippen molar-refractivity contribution >= 4 is 18.0 Å². The first-order valence-corrected chi connectivity index (χ1v) is 12.8. The van der Waals surface area contributed by atoms with Gasteiger partial charge in [-0.15, -0.1) is 0 Å². The van der Waals surface area contributed by atoms with Crippen molar-refractivity contribution in [1.29, 1.82) is 0 Å². The van der Waals surface area contributed by atoms with Crippen LogP contribution in [0, 0.1) is 0 Å². The summed E-state index contributed by atoms with van der Waals surface area (Å²) in [5, 5.41) is 16.4. The Morgan fingerprint density at radius 3 is 2.21 bits per heavy atom. The summed E-state index contributed by atoms with van der Waals surface area (Å²) >= 11 is 0. The Balaban J connectivity index is 1.34. The first-order valence-electron chi connectivity index (χ1n) is 12.8. The number of aromatic nitrogens is 2. The van der Waals surface area contributed by atoms with E-state index in [9.17, 15) is 19.5 Å². The van der Waals surface area contributed by atoms with Crippen LogP contribution in [0.25, 0.3) is 11.1 Å². The van der Waals surface area contributed by atoms with Gasteiger partial charge in [0.05, 0.1) is 5.69 Å². The molecule has 1 heterocycles. The molecule has 2 N–H and O–H groups in total. The van der Waals surface area contributed by atoms with Gasteiger partial charge in [0.1, 0.15) is 24.8 Å². The summed E-state index contributed by atoms with van der Waals surface area (Å²) in [5.74, 6) is -1.76. The zero-order valence-corrected chi connectivity index (χ0v) is 21.8. The van der Waals surface area contributed by atoms with Crippen LogP contribution in [0.15, 0.2) is 60.8 Å². The predicted octanol–water partition coefficient (Wildman–Crippen LogP) is 4.54. The normalized spacial score (nSPS) is 13.3. The molecule has 2 aromatic carbocycles. The van der Waals surface area contributed by atoms with Crippen molar-refractivity contribution < 1.29 is 29.0 Å². The Morgan fingerprint density at radius 2 is 1.63 bits per heavy atom. The van der Waals surface area contributed by atoms with Crippen LogP contribution in [-0.4, -0.2) is 51.2 Å². The zero-order chi connectivity index (χ0) is 27.3. The van der Waals surface area contributed by atoms with Gasteiger partial charge in [0.2, 0.25) is 0 Å². The summed E-state index contributed by atoms with van der Waals surface area (Å²) in [4.78, 5) is 36.8. The molecule has 0 bridgehead atoms. The van der Waals surface area contributed by atoms with Crippen LogP contribution in [0.3, 0.4) is 0 Å². The van der Waals surface area contributed by atoms with Crippen LogP contribution >= 0.6 is 0 Å². The molecule has 9 nitrogen and oxygen atoms in total. The second-order valence-electron chi connectivity index (χ2n) is 9.70. The number of rotatable bonds is 11. The van der Waals surface area contributed by atoms with Crippen molar-refractivity contribution in [2.75, 3.05) is 6.61 Å². The Morgan fingerprint density at radius 1 is 1.03 bits per heavy atom. The van der Waals surface area contributed by atoms with Gasteiger partial charge in [-0.2, -0.15) is 5.10 Å². The summed E-state index contributed by atoms with van der Waals surface area (Å²) in [6.07, 6.45) is 2.09. The summed E-state index contributed by atoms with van der Waals surface area (Å²) in [7, 11) is 0. The quantitative estimate of drug-likeness (QED) is 0.357. The van der Waals surface area contributed by atoms with Gasteiger partial charge >= 0.3 is 18.0 Å². The van der Waals surface area contributed by atoms with E-state index in [4.69, 9.17) is 9.47 Å². The number of nitrogens with zero attached hydrogens (tertiary/aromatic N) is 2. The molecule has 1 amide bonds. The second kappa shape index (κ2) is 11.5.